The second-order valence-electron chi connectivity index (χ2n) is 4.76. The molecule has 2 N–H and O–H groups in total. The topological polar surface area (TPSA) is 43.8 Å². The van der Waals surface area contributed by atoms with Gasteiger partial charge in [0.1, 0.15) is 5.69 Å². The minimum Gasteiger partial charge on any atom is -0.396 e. The van der Waals surface area contributed by atoms with Gasteiger partial charge in [0.2, 0.25) is 0 Å². The minimum absolute atomic E-state index is 0.757. The van der Waals surface area contributed by atoms with Crippen LogP contribution in [-0.2, 0) is 13.0 Å². The summed E-state index contributed by atoms with van der Waals surface area (Å²) in [5, 5.41) is 6.63. The van der Waals surface area contributed by atoms with Crippen molar-refractivity contribution >= 4 is 17.0 Å². The molecule has 0 bridgehead atoms. The Balaban J connectivity index is 1.63. The van der Waals surface area contributed by atoms with Gasteiger partial charge in [-0.05, 0) is 29.9 Å². The van der Waals surface area contributed by atoms with E-state index in [1.54, 1.807) is 11.3 Å². The molecule has 0 saturated heterocycles. The first kappa shape index (κ1) is 12.9. The number of thiophene rings is 1. The number of aryl methyl sites for hydroxylation is 2. The SMILES string of the molecule is Nc1cn(CCCc2ccccc2)nc1-c1cccs1. The molecule has 0 aliphatic heterocycles. The maximum absolute atomic E-state index is 6.04. The van der Waals surface area contributed by atoms with Crippen molar-refractivity contribution in [2.45, 2.75) is 19.4 Å². The summed E-state index contributed by atoms with van der Waals surface area (Å²) >= 11 is 1.67. The van der Waals surface area contributed by atoms with E-state index in [4.69, 9.17) is 5.73 Å². The summed E-state index contributed by atoms with van der Waals surface area (Å²) in [7, 11) is 0. The van der Waals surface area contributed by atoms with Gasteiger partial charge in [-0.2, -0.15) is 5.10 Å². The molecule has 0 aliphatic carbocycles. The third kappa shape index (κ3) is 2.91. The second-order valence-corrected chi connectivity index (χ2v) is 5.71. The number of benzene rings is 1. The molecule has 0 aliphatic rings. The van der Waals surface area contributed by atoms with Crippen LogP contribution in [0.2, 0.25) is 0 Å². The van der Waals surface area contributed by atoms with E-state index in [1.807, 2.05) is 28.4 Å². The van der Waals surface area contributed by atoms with Gasteiger partial charge in [0, 0.05) is 12.7 Å². The summed E-state index contributed by atoms with van der Waals surface area (Å²) < 4.78 is 1.95. The molecule has 0 unspecified atom stereocenters. The van der Waals surface area contributed by atoms with Gasteiger partial charge in [0.15, 0.2) is 0 Å². The molecule has 2 heterocycles. The lowest BCUT2D eigenvalue weighted by Gasteiger charge is -2.02. The van der Waals surface area contributed by atoms with Gasteiger partial charge in [-0.15, -0.1) is 11.3 Å². The van der Waals surface area contributed by atoms with Crippen LogP contribution in [0.3, 0.4) is 0 Å². The molecular formula is C16H17N3S. The van der Waals surface area contributed by atoms with Crippen LogP contribution in [0.4, 0.5) is 5.69 Å². The van der Waals surface area contributed by atoms with Gasteiger partial charge >= 0.3 is 0 Å². The third-order valence-electron chi connectivity index (χ3n) is 3.24. The van der Waals surface area contributed by atoms with E-state index in [0.717, 1.165) is 35.6 Å². The van der Waals surface area contributed by atoms with E-state index in [0.29, 0.717) is 0 Å². The summed E-state index contributed by atoms with van der Waals surface area (Å²) in [5.74, 6) is 0. The number of nitrogens with two attached hydrogens (primary N) is 1. The number of hydrogen-bond donors (Lipinski definition) is 1. The predicted octanol–water partition coefficient (Wildman–Crippen LogP) is 3.83. The van der Waals surface area contributed by atoms with Gasteiger partial charge in [0.05, 0.1) is 10.6 Å². The molecule has 0 saturated carbocycles. The Bertz CT molecular complexity index is 656. The molecule has 0 radical (unpaired) electrons. The van der Waals surface area contributed by atoms with Crippen molar-refractivity contribution in [3.63, 3.8) is 0 Å². The van der Waals surface area contributed by atoms with Gasteiger partial charge in [-0.3, -0.25) is 4.68 Å². The third-order valence-corrected chi connectivity index (χ3v) is 4.12. The van der Waals surface area contributed by atoms with E-state index >= 15 is 0 Å². The fourth-order valence-electron chi connectivity index (χ4n) is 2.25. The fourth-order valence-corrected chi connectivity index (χ4v) is 2.98. The van der Waals surface area contributed by atoms with Gasteiger partial charge in [0.25, 0.3) is 0 Å². The summed E-state index contributed by atoms with van der Waals surface area (Å²) in [6, 6.07) is 14.6. The van der Waals surface area contributed by atoms with Crippen molar-refractivity contribution in [2.24, 2.45) is 0 Å². The Labute approximate surface area is 122 Å². The van der Waals surface area contributed by atoms with Crippen LogP contribution in [0, 0.1) is 0 Å². The Morgan fingerprint density at radius 2 is 1.95 bits per heavy atom. The minimum atomic E-state index is 0.757. The van der Waals surface area contributed by atoms with E-state index in [1.165, 1.54) is 5.56 Å². The van der Waals surface area contributed by atoms with Crippen LogP contribution in [-0.4, -0.2) is 9.78 Å². The standard InChI is InChI=1S/C16H17N3S/c17-14-12-19(18-16(14)15-9-5-11-20-15)10-4-8-13-6-2-1-3-7-13/h1-3,5-7,9,11-12H,4,8,10,17H2. The number of aromatic nitrogens is 2. The van der Waals surface area contributed by atoms with Crippen LogP contribution in [0.15, 0.2) is 54.0 Å². The molecule has 3 nitrogen and oxygen atoms in total. The molecule has 0 fully saturated rings. The van der Waals surface area contributed by atoms with Crippen molar-refractivity contribution in [2.75, 3.05) is 5.73 Å². The lowest BCUT2D eigenvalue weighted by molar-refractivity contribution is 0.580. The van der Waals surface area contributed by atoms with Gasteiger partial charge in [-0.25, -0.2) is 0 Å². The second kappa shape index (κ2) is 5.92. The average molecular weight is 283 g/mol. The molecule has 2 aromatic heterocycles. The first-order chi connectivity index (χ1) is 9.83. The molecule has 3 aromatic rings. The zero-order valence-corrected chi connectivity index (χ0v) is 12.0. The zero-order chi connectivity index (χ0) is 13.8. The molecule has 1 aromatic carbocycles. The summed E-state index contributed by atoms with van der Waals surface area (Å²) in [6.45, 7) is 0.893. The average Bonchev–Trinajstić information content (AvgIpc) is 3.09. The normalized spacial score (nSPS) is 10.8. The highest BCUT2D eigenvalue weighted by molar-refractivity contribution is 7.13. The maximum atomic E-state index is 6.04. The Morgan fingerprint density at radius 3 is 2.70 bits per heavy atom. The monoisotopic (exact) mass is 283 g/mol. The Hall–Kier alpha value is -2.07. The molecule has 0 spiro atoms. The van der Waals surface area contributed by atoms with Crippen molar-refractivity contribution < 1.29 is 0 Å². The highest BCUT2D eigenvalue weighted by Crippen LogP contribution is 2.28. The molecule has 20 heavy (non-hydrogen) atoms. The van der Waals surface area contributed by atoms with Gasteiger partial charge in [-0.1, -0.05) is 36.4 Å². The summed E-state index contributed by atoms with van der Waals surface area (Å²) in [4.78, 5) is 1.13. The Kier molecular flexibility index (Phi) is 3.83. The van der Waals surface area contributed by atoms with Crippen LogP contribution in [0.25, 0.3) is 10.6 Å². The quantitative estimate of drug-likeness (QED) is 0.773. The van der Waals surface area contributed by atoms with E-state index in [-0.39, 0.29) is 0 Å². The lowest BCUT2D eigenvalue weighted by Crippen LogP contribution is -2.00. The van der Waals surface area contributed by atoms with Crippen LogP contribution in [0.1, 0.15) is 12.0 Å². The van der Waals surface area contributed by atoms with E-state index in [9.17, 15) is 0 Å². The highest BCUT2D eigenvalue weighted by atomic mass is 32.1. The van der Waals surface area contributed by atoms with Crippen LogP contribution in [0.5, 0.6) is 0 Å². The first-order valence-electron chi connectivity index (χ1n) is 6.73. The van der Waals surface area contributed by atoms with Crippen LogP contribution < -0.4 is 5.73 Å². The maximum Gasteiger partial charge on any atom is 0.125 e. The van der Waals surface area contributed by atoms with Crippen LogP contribution >= 0.6 is 11.3 Å². The number of nitrogens with zero attached hydrogens (tertiary/aromatic N) is 2. The van der Waals surface area contributed by atoms with Crippen molar-refractivity contribution in [3.05, 3.63) is 59.6 Å². The number of nitrogen functional groups attached to an aromatic ring is 1. The van der Waals surface area contributed by atoms with Crippen molar-refractivity contribution in [3.8, 4) is 10.6 Å². The molecule has 3 rings (SSSR count). The Morgan fingerprint density at radius 1 is 1.10 bits per heavy atom. The van der Waals surface area contributed by atoms with Gasteiger partial charge < -0.3 is 5.73 Å². The lowest BCUT2D eigenvalue weighted by atomic mass is 10.1. The smallest absolute Gasteiger partial charge is 0.125 e. The number of rotatable bonds is 5. The largest absolute Gasteiger partial charge is 0.396 e. The first-order valence-corrected chi connectivity index (χ1v) is 7.61. The molecular weight excluding hydrogens is 266 g/mol. The zero-order valence-electron chi connectivity index (χ0n) is 11.2. The highest BCUT2D eigenvalue weighted by Gasteiger charge is 2.09. The fraction of sp³-hybridized carbons (Fsp3) is 0.188. The van der Waals surface area contributed by atoms with E-state index < -0.39 is 0 Å². The molecule has 102 valence electrons. The number of anilines is 1. The summed E-state index contributed by atoms with van der Waals surface area (Å²) in [5.41, 5.74) is 9.06. The summed E-state index contributed by atoms with van der Waals surface area (Å²) in [6.07, 6.45) is 4.06. The van der Waals surface area contributed by atoms with Crippen molar-refractivity contribution in [1.29, 1.82) is 0 Å². The van der Waals surface area contributed by atoms with E-state index in [2.05, 4.69) is 35.4 Å². The number of hydrogen-bond acceptors (Lipinski definition) is 3. The van der Waals surface area contributed by atoms with Crippen molar-refractivity contribution in [1.82, 2.24) is 9.78 Å². The molecule has 4 heteroatoms. The molecule has 0 atom stereocenters. The molecule has 0 amide bonds. The predicted molar refractivity (Wildman–Crippen MR) is 84.7 cm³/mol.